The Morgan fingerprint density at radius 3 is 2.50 bits per heavy atom. The first-order valence-corrected chi connectivity index (χ1v) is 5.69. The van der Waals surface area contributed by atoms with Crippen LogP contribution in [0, 0.1) is 17.1 Å². The molecule has 0 radical (unpaired) electrons. The Hall–Kier alpha value is -2.34. The van der Waals surface area contributed by atoms with Gasteiger partial charge in [0.05, 0.1) is 5.56 Å². The zero-order valence-corrected chi connectivity index (χ0v) is 9.98. The Bertz CT molecular complexity index is 584. The second-order valence-corrected chi connectivity index (χ2v) is 3.85. The molecule has 90 valence electrons. The Morgan fingerprint density at radius 2 is 1.89 bits per heavy atom. The number of hydrogen-bond donors (Lipinski definition) is 0. The summed E-state index contributed by atoms with van der Waals surface area (Å²) in [4.78, 5) is 0. The Morgan fingerprint density at radius 1 is 1.17 bits per heavy atom. The molecule has 2 aromatic carbocycles. The van der Waals surface area contributed by atoms with Crippen LogP contribution in [0.3, 0.4) is 0 Å². The molecule has 0 aromatic heterocycles. The van der Waals surface area contributed by atoms with E-state index in [2.05, 4.69) is 6.92 Å². The number of benzene rings is 2. The molecule has 0 saturated heterocycles. The van der Waals surface area contributed by atoms with Crippen molar-refractivity contribution in [2.24, 2.45) is 0 Å². The number of ether oxygens (including phenoxy) is 1. The first kappa shape index (κ1) is 12.1. The van der Waals surface area contributed by atoms with Crippen molar-refractivity contribution in [2.45, 2.75) is 13.3 Å². The number of aryl methyl sites for hydroxylation is 1. The molecule has 18 heavy (non-hydrogen) atoms. The lowest BCUT2D eigenvalue weighted by Gasteiger charge is -2.07. The van der Waals surface area contributed by atoms with E-state index in [4.69, 9.17) is 10.00 Å². The van der Waals surface area contributed by atoms with E-state index in [1.165, 1.54) is 17.7 Å². The van der Waals surface area contributed by atoms with Crippen molar-refractivity contribution in [3.8, 4) is 17.6 Å². The van der Waals surface area contributed by atoms with E-state index in [1.807, 2.05) is 30.3 Å². The summed E-state index contributed by atoms with van der Waals surface area (Å²) in [6.45, 7) is 2.07. The number of nitriles is 1. The van der Waals surface area contributed by atoms with Crippen molar-refractivity contribution in [1.82, 2.24) is 0 Å². The van der Waals surface area contributed by atoms with Crippen LogP contribution in [0.2, 0.25) is 0 Å². The molecule has 0 fully saturated rings. The van der Waals surface area contributed by atoms with Gasteiger partial charge in [0.15, 0.2) is 0 Å². The van der Waals surface area contributed by atoms with Crippen LogP contribution >= 0.6 is 0 Å². The lowest BCUT2D eigenvalue weighted by Crippen LogP contribution is -1.90. The van der Waals surface area contributed by atoms with Crippen LogP contribution in [0.4, 0.5) is 4.39 Å². The SMILES string of the molecule is CCc1ccc(Oc2ccc(F)cc2C#N)cc1. The molecule has 0 heterocycles. The maximum Gasteiger partial charge on any atom is 0.145 e. The van der Waals surface area contributed by atoms with Gasteiger partial charge in [0, 0.05) is 0 Å². The quantitative estimate of drug-likeness (QED) is 0.812. The molecule has 0 spiro atoms. The number of nitrogens with zero attached hydrogens (tertiary/aromatic N) is 1. The Labute approximate surface area is 105 Å². The second kappa shape index (κ2) is 5.33. The molecular weight excluding hydrogens is 229 g/mol. The molecule has 2 rings (SSSR count). The van der Waals surface area contributed by atoms with Gasteiger partial charge < -0.3 is 4.74 Å². The van der Waals surface area contributed by atoms with E-state index >= 15 is 0 Å². The highest BCUT2D eigenvalue weighted by atomic mass is 19.1. The molecule has 0 aliphatic heterocycles. The van der Waals surface area contributed by atoms with Crippen LogP contribution in [0.25, 0.3) is 0 Å². The second-order valence-electron chi connectivity index (χ2n) is 3.85. The molecular formula is C15H12FNO. The highest BCUT2D eigenvalue weighted by Crippen LogP contribution is 2.25. The molecule has 2 nitrogen and oxygen atoms in total. The van der Waals surface area contributed by atoms with Crippen molar-refractivity contribution in [3.63, 3.8) is 0 Å². The predicted octanol–water partition coefficient (Wildman–Crippen LogP) is 4.05. The summed E-state index contributed by atoms with van der Waals surface area (Å²) >= 11 is 0. The van der Waals surface area contributed by atoms with E-state index in [0.717, 1.165) is 12.5 Å². The van der Waals surface area contributed by atoms with Gasteiger partial charge >= 0.3 is 0 Å². The number of rotatable bonds is 3. The topological polar surface area (TPSA) is 33.0 Å². The molecule has 2 aromatic rings. The van der Waals surface area contributed by atoms with Gasteiger partial charge in [-0.1, -0.05) is 19.1 Å². The third-order valence-electron chi connectivity index (χ3n) is 2.62. The van der Waals surface area contributed by atoms with Gasteiger partial charge in [-0.15, -0.1) is 0 Å². The molecule has 0 atom stereocenters. The molecule has 0 N–H and O–H groups in total. The van der Waals surface area contributed by atoms with E-state index in [0.29, 0.717) is 11.5 Å². The van der Waals surface area contributed by atoms with Crippen molar-refractivity contribution >= 4 is 0 Å². The monoisotopic (exact) mass is 241 g/mol. The molecule has 3 heteroatoms. The third-order valence-corrected chi connectivity index (χ3v) is 2.62. The van der Waals surface area contributed by atoms with Gasteiger partial charge in [0.1, 0.15) is 23.4 Å². The highest BCUT2D eigenvalue weighted by molar-refractivity contribution is 5.45. The summed E-state index contributed by atoms with van der Waals surface area (Å²) in [5, 5.41) is 8.91. The zero-order chi connectivity index (χ0) is 13.0. The van der Waals surface area contributed by atoms with Crippen LogP contribution in [0.1, 0.15) is 18.1 Å². The average Bonchev–Trinajstić information content (AvgIpc) is 2.41. The summed E-state index contributed by atoms with van der Waals surface area (Å²) in [5.41, 5.74) is 1.40. The summed E-state index contributed by atoms with van der Waals surface area (Å²) in [7, 11) is 0. The summed E-state index contributed by atoms with van der Waals surface area (Å²) in [6, 6.07) is 13.4. The Kier molecular flexibility index (Phi) is 3.59. The standard InChI is InChI=1S/C15H12FNO/c1-2-11-3-6-14(7-4-11)18-15-8-5-13(16)9-12(15)10-17/h3-9H,2H2,1H3. The maximum absolute atomic E-state index is 13.0. The lowest BCUT2D eigenvalue weighted by atomic mass is 10.1. The van der Waals surface area contributed by atoms with E-state index in [-0.39, 0.29) is 5.56 Å². The summed E-state index contributed by atoms with van der Waals surface area (Å²) in [6.07, 6.45) is 0.959. The largest absolute Gasteiger partial charge is 0.456 e. The minimum atomic E-state index is -0.444. The van der Waals surface area contributed by atoms with Crippen molar-refractivity contribution in [2.75, 3.05) is 0 Å². The minimum Gasteiger partial charge on any atom is -0.456 e. The number of hydrogen-bond acceptors (Lipinski definition) is 2. The van der Waals surface area contributed by atoms with E-state index < -0.39 is 5.82 Å². The lowest BCUT2D eigenvalue weighted by molar-refractivity contribution is 0.478. The van der Waals surface area contributed by atoms with Gasteiger partial charge in [-0.25, -0.2) is 4.39 Å². The highest BCUT2D eigenvalue weighted by Gasteiger charge is 2.06. The normalized spacial score (nSPS) is 9.83. The molecule has 0 aliphatic rings. The fourth-order valence-electron chi connectivity index (χ4n) is 1.60. The van der Waals surface area contributed by atoms with E-state index in [1.54, 1.807) is 0 Å². The van der Waals surface area contributed by atoms with E-state index in [9.17, 15) is 4.39 Å². The van der Waals surface area contributed by atoms with Crippen molar-refractivity contribution in [3.05, 3.63) is 59.4 Å². The summed E-state index contributed by atoms with van der Waals surface area (Å²) in [5.74, 6) is 0.554. The van der Waals surface area contributed by atoms with Gasteiger partial charge in [-0.05, 0) is 42.3 Å². The molecule has 0 unspecified atom stereocenters. The van der Waals surface area contributed by atoms with Crippen molar-refractivity contribution in [1.29, 1.82) is 5.26 Å². The molecule has 0 saturated carbocycles. The first-order valence-electron chi connectivity index (χ1n) is 5.69. The Balaban J connectivity index is 2.25. The van der Waals surface area contributed by atoms with Gasteiger partial charge in [0.2, 0.25) is 0 Å². The fraction of sp³-hybridized carbons (Fsp3) is 0.133. The fourth-order valence-corrected chi connectivity index (χ4v) is 1.60. The molecule has 0 amide bonds. The first-order chi connectivity index (χ1) is 8.72. The minimum absolute atomic E-state index is 0.189. The molecule has 0 aliphatic carbocycles. The number of halogens is 1. The van der Waals surface area contributed by atoms with Crippen molar-refractivity contribution < 1.29 is 9.13 Å². The third kappa shape index (κ3) is 2.67. The van der Waals surface area contributed by atoms with Crippen LogP contribution in [-0.4, -0.2) is 0 Å². The average molecular weight is 241 g/mol. The maximum atomic E-state index is 13.0. The van der Waals surface area contributed by atoms with Crippen LogP contribution in [0.5, 0.6) is 11.5 Å². The van der Waals surface area contributed by atoms with Gasteiger partial charge in [-0.3, -0.25) is 0 Å². The van der Waals surface area contributed by atoms with Gasteiger partial charge in [-0.2, -0.15) is 5.26 Å². The van der Waals surface area contributed by atoms with Crippen LogP contribution < -0.4 is 4.74 Å². The predicted molar refractivity (Wildman–Crippen MR) is 67.0 cm³/mol. The van der Waals surface area contributed by atoms with Crippen LogP contribution in [0.15, 0.2) is 42.5 Å². The van der Waals surface area contributed by atoms with Crippen LogP contribution in [-0.2, 0) is 6.42 Å². The smallest absolute Gasteiger partial charge is 0.145 e. The summed E-state index contributed by atoms with van der Waals surface area (Å²) < 4.78 is 18.5. The van der Waals surface area contributed by atoms with Gasteiger partial charge in [0.25, 0.3) is 0 Å². The molecule has 0 bridgehead atoms. The zero-order valence-electron chi connectivity index (χ0n) is 9.98.